The van der Waals surface area contributed by atoms with E-state index < -0.39 is 5.97 Å². The van der Waals surface area contributed by atoms with E-state index in [-0.39, 0.29) is 11.3 Å². The molecule has 0 bridgehead atoms. The van der Waals surface area contributed by atoms with Gasteiger partial charge in [-0.25, -0.2) is 14.8 Å². The van der Waals surface area contributed by atoms with Crippen LogP contribution in [0.25, 0.3) is 5.78 Å². The van der Waals surface area contributed by atoms with Crippen LogP contribution < -0.4 is 5.56 Å². The van der Waals surface area contributed by atoms with E-state index in [0.29, 0.717) is 22.3 Å². The number of aromatic nitrogens is 4. The number of carboxylic acids is 1. The van der Waals surface area contributed by atoms with Crippen molar-refractivity contribution in [2.45, 2.75) is 10.8 Å². The Morgan fingerprint density at radius 1 is 1.50 bits per heavy atom. The number of nitrogens with one attached hydrogen (secondary N) is 1. The summed E-state index contributed by atoms with van der Waals surface area (Å²) in [6.45, 7) is 0. The highest BCUT2D eigenvalue weighted by molar-refractivity contribution is 7.98. The summed E-state index contributed by atoms with van der Waals surface area (Å²) >= 11 is 1.25. The van der Waals surface area contributed by atoms with Gasteiger partial charge in [-0.05, 0) is 12.1 Å². The van der Waals surface area contributed by atoms with Crippen LogP contribution in [0.1, 0.15) is 16.2 Å². The summed E-state index contributed by atoms with van der Waals surface area (Å²) in [5.41, 5.74) is 0.286. The molecule has 0 saturated carbocycles. The highest BCUT2D eigenvalue weighted by atomic mass is 32.2. The summed E-state index contributed by atoms with van der Waals surface area (Å²) in [7, 11) is 0. The molecule has 2 N–H and O–H groups in total. The molecule has 0 unspecified atom stereocenters. The van der Waals surface area contributed by atoms with E-state index >= 15 is 0 Å². The first-order valence-electron chi connectivity index (χ1n) is 5.51. The molecule has 0 radical (unpaired) electrons. The van der Waals surface area contributed by atoms with Crippen LogP contribution in [-0.4, -0.2) is 30.7 Å². The first-order valence-corrected chi connectivity index (χ1v) is 6.50. The largest absolute Gasteiger partial charge is 0.475 e. The molecule has 0 aromatic carbocycles. The number of nitrogens with zero attached hydrogens (tertiary/aromatic N) is 3. The minimum Gasteiger partial charge on any atom is -0.475 e. The maximum atomic E-state index is 11.7. The van der Waals surface area contributed by atoms with Gasteiger partial charge >= 0.3 is 5.97 Å². The van der Waals surface area contributed by atoms with Crippen molar-refractivity contribution in [1.29, 1.82) is 0 Å². The number of carboxylic acid groups (broad SMARTS) is 1. The molecule has 0 aliphatic heterocycles. The number of thioether (sulfide) groups is 1. The Hall–Kier alpha value is -2.55. The molecule has 8 nitrogen and oxygen atoms in total. The molecule has 0 saturated heterocycles. The van der Waals surface area contributed by atoms with Gasteiger partial charge in [0.05, 0.1) is 5.69 Å². The molecule has 3 aromatic heterocycles. The molecule has 102 valence electrons. The summed E-state index contributed by atoms with van der Waals surface area (Å²) in [6, 6.07) is 4.33. The van der Waals surface area contributed by atoms with Gasteiger partial charge in [0.25, 0.3) is 11.3 Å². The molecule has 3 heterocycles. The Morgan fingerprint density at radius 3 is 3.10 bits per heavy atom. The Kier molecular flexibility index (Phi) is 3.03. The van der Waals surface area contributed by atoms with Gasteiger partial charge in [-0.3, -0.25) is 9.89 Å². The number of rotatable bonds is 4. The van der Waals surface area contributed by atoms with Crippen molar-refractivity contribution in [1.82, 2.24) is 19.6 Å². The molecular weight excluding hydrogens is 284 g/mol. The molecule has 0 amide bonds. The number of H-pyrrole nitrogens is 1. The normalized spacial score (nSPS) is 11.0. The van der Waals surface area contributed by atoms with E-state index in [1.165, 1.54) is 34.7 Å². The van der Waals surface area contributed by atoms with Gasteiger partial charge in [-0.15, -0.1) is 0 Å². The first kappa shape index (κ1) is 12.5. The second-order valence-corrected chi connectivity index (χ2v) is 4.80. The minimum atomic E-state index is -1.12. The van der Waals surface area contributed by atoms with Crippen molar-refractivity contribution in [2.75, 3.05) is 0 Å². The van der Waals surface area contributed by atoms with Crippen LogP contribution in [0.3, 0.4) is 0 Å². The number of furan rings is 1. The van der Waals surface area contributed by atoms with Crippen LogP contribution in [0.15, 0.2) is 38.8 Å². The molecule has 0 atom stereocenters. The van der Waals surface area contributed by atoms with Crippen molar-refractivity contribution in [3.8, 4) is 0 Å². The fourth-order valence-corrected chi connectivity index (χ4v) is 2.35. The van der Waals surface area contributed by atoms with Gasteiger partial charge in [0.2, 0.25) is 5.76 Å². The minimum absolute atomic E-state index is 0.122. The van der Waals surface area contributed by atoms with Crippen LogP contribution in [0.4, 0.5) is 0 Å². The third-order valence-corrected chi connectivity index (χ3v) is 3.42. The van der Waals surface area contributed by atoms with Crippen LogP contribution in [0.2, 0.25) is 0 Å². The van der Waals surface area contributed by atoms with Crippen LogP contribution in [0, 0.1) is 0 Å². The zero-order valence-electron chi connectivity index (χ0n) is 9.94. The average molecular weight is 292 g/mol. The van der Waals surface area contributed by atoms with Gasteiger partial charge in [-0.1, -0.05) is 11.8 Å². The zero-order chi connectivity index (χ0) is 14.1. The Bertz CT molecular complexity index is 834. The number of aromatic amines is 1. The van der Waals surface area contributed by atoms with Crippen molar-refractivity contribution in [3.63, 3.8) is 0 Å². The van der Waals surface area contributed by atoms with E-state index in [4.69, 9.17) is 9.52 Å². The fourth-order valence-electron chi connectivity index (χ4n) is 1.60. The van der Waals surface area contributed by atoms with Crippen molar-refractivity contribution in [2.24, 2.45) is 0 Å². The second-order valence-electron chi connectivity index (χ2n) is 3.82. The van der Waals surface area contributed by atoms with E-state index in [0.717, 1.165) is 0 Å². The molecule has 0 aliphatic carbocycles. The van der Waals surface area contributed by atoms with Gasteiger partial charge in [0.15, 0.2) is 5.09 Å². The predicted octanol–water partition coefficient (Wildman–Crippen LogP) is 1.00. The molecule has 3 rings (SSSR count). The number of hydrogen-bond acceptors (Lipinski definition) is 6. The Balaban J connectivity index is 1.79. The molecule has 0 aliphatic rings. The van der Waals surface area contributed by atoms with E-state index in [1.807, 2.05) is 0 Å². The maximum Gasteiger partial charge on any atom is 0.371 e. The lowest BCUT2D eigenvalue weighted by atomic mass is 10.4. The smallest absolute Gasteiger partial charge is 0.371 e. The second kappa shape index (κ2) is 4.85. The number of hydrogen-bond donors (Lipinski definition) is 2. The molecule has 0 spiro atoms. The van der Waals surface area contributed by atoms with Crippen LogP contribution >= 0.6 is 11.8 Å². The molecule has 3 aromatic rings. The number of fused-ring (bicyclic) bond motifs is 1. The fraction of sp³-hybridized carbons (Fsp3) is 0.0909. The predicted molar refractivity (Wildman–Crippen MR) is 68.8 cm³/mol. The lowest BCUT2D eigenvalue weighted by Crippen LogP contribution is -2.15. The monoisotopic (exact) mass is 292 g/mol. The van der Waals surface area contributed by atoms with Gasteiger partial charge in [0.1, 0.15) is 6.33 Å². The van der Waals surface area contributed by atoms with Crippen molar-refractivity contribution in [3.05, 3.63) is 46.3 Å². The summed E-state index contributed by atoms with van der Waals surface area (Å²) in [5.74, 6) is -0.571. The molecule has 20 heavy (non-hydrogen) atoms. The first-order chi connectivity index (χ1) is 9.63. The lowest BCUT2D eigenvalue weighted by Gasteiger charge is -1.98. The van der Waals surface area contributed by atoms with E-state index in [1.54, 1.807) is 6.07 Å². The van der Waals surface area contributed by atoms with Crippen LogP contribution in [0.5, 0.6) is 0 Å². The topological polar surface area (TPSA) is 113 Å². The average Bonchev–Trinajstić information content (AvgIpc) is 3.05. The molecular formula is C11H8N4O4S. The van der Waals surface area contributed by atoms with Crippen molar-refractivity contribution < 1.29 is 14.3 Å². The summed E-state index contributed by atoms with van der Waals surface area (Å²) in [4.78, 5) is 30.5. The zero-order valence-corrected chi connectivity index (χ0v) is 10.8. The van der Waals surface area contributed by atoms with Gasteiger partial charge in [-0.2, -0.15) is 4.52 Å². The van der Waals surface area contributed by atoms with Gasteiger partial charge < -0.3 is 9.52 Å². The lowest BCUT2D eigenvalue weighted by molar-refractivity contribution is 0.0656. The maximum absolute atomic E-state index is 11.7. The number of carbonyl (C=O) groups is 1. The molecule has 9 heteroatoms. The van der Waals surface area contributed by atoms with E-state index in [9.17, 15) is 9.59 Å². The summed E-state index contributed by atoms with van der Waals surface area (Å²) < 4.78 is 6.33. The third kappa shape index (κ3) is 2.30. The number of aromatic carboxylic acids is 1. The quantitative estimate of drug-likeness (QED) is 0.689. The SMILES string of the molecule is O=C(O)c1ccc(SCc2cc(=O)n3[nH]cnc3n2)o1. The summed E-state index contributed by atoms with van der Waals surface area (Å²) in [6.07, 6.45) is 1.38. The van der Waals surface area contributed by atoms with Gasteiger partial charge in [0, 0.05) is 11.8 Å². The summed E-state index contributed by atoms with van der Waals surface area (Å²) in [5, 5.41) is 11.8. The Labute approximate surface area is 115 Å². The third-order valence-electron chi connectivity index (χ3n) is 2.48. The Morgan fingerprint density at radius 2 is 2.35 bits per heavy atom. The highest BCUT2D eigenvalue weighted by Gasteiger charge is 2.10. The molecule has 0 fully saturated rings. The van der Waals surface area contributed by atoms with E-state index in [2.05, 4.69) is 15.1 Å². The van der Waals surface area contributed by atoms with Crippen molar-refractivity contribution >= 4 is 23.5 Å². The van der Waals surface area contributed by atoms with Crippen LogP contribution in [-0.2, 0) is 5.75 Å². The standard InChI is InChI=1S/C11H8N4O4S/c16-8-3-6(14-11-12-5-13-15(8)11)4-20-9-2-1-7(19-9)10(17)18/h1-3,5H,4H2,(H,17,18)(H,12,13,14). The highest BCUT2D eigenvalue weighted by Crippen LogP contribution is 2.24.